The van der Waals surface area contributed by atoms with Gasteiger partial charge in [-0.1, -0.05) is 11.3 Å². The maximum absolute atomic E-state index is 12.2. The average molecular weight is 320 g/mol. The van der Waals surface area contributed by atoms with E-state index >= 15 is 0 Å². The first-order chi connectivity index (χ1) is 10.7. The number of esters is 1. The zero-order valence-corrected chi connectivity index (χ0v) is 12.9. The Labute approximate surface area is 130 Å². The third-order valence-electron chi connectivity index (χ3n) is 3.67. The van der Waals surface area contributed by atoms with Crippen molar-refractivity contribution in [2.45, 2.75) is 50.8 Å². The maximum Gasteiger partial charge on any atom is 0.350 e. The summed E-state index contributed by atoms with van der Waals surface area (Å²) >= 11 is 1.32. The van der Waals surface area contributed by atoms with Crippen molar-refractivity contribution in [1.29, 1.82) is 0 Å². The van der Waals surface area contributed by atoms with Crippen LogP contribution in [0.5, 0.6) is 0 Å². The number of hydrogen-bond donors (Lipinski definition) is 1. The molecule has 4 rings (SSSR count). The Morgan fingerprint density at radius 1 is 1.45 bits per heavy atom. The van der Waals surface area contributed by atoms with Gasteiger partial charge in [-0.3, -0.25) is 0 Å². The number of carbonyl (C=O) groups is 1. The predicted octanol–water partition coefficient (Wildman–Crippen LogP) is 1.96. The van der Waals surface area contributed by atoms with E-state index in [1.54, 1.807) is 17.8 Å². The molecule has 8 nitrogen and oxygen atoms in total. The molecule has 2 heterocycles. The summed E-state index contributed by atoms with van der Waals surface area (Å²) in [6.07, 6.45) is 5.55. The number of thiazole rings is 1. The van der Waals surface area contributed by atoms with Gasteiger partial charge in [-0.05, 0) is 43.0 Å². The second-order valence-corrected chi connectivity index (χ2v) is 6.74. The van der Waals surface area contributed by atoms with E-state index in [1.165, 1.54) is 24.2 Å². The van der Waals surface area contributed by atoms with Crippen LogP contribution in [0.4, 0.5) is 5.13 Å². The molecule has 0 amide bonds. The van der Waals surface area contributed by atoms with Gasteiger partial charge >= 0.3 is 5.97 Å². The molecular weight excluding hydrogens is 304 g/mol. The molecule has 2 saturated carbocycles. The third kappa shape index (κ3) is 2.80. The maximum atomic E-state index is 12.2. The zero-order chi connectivity index (χ0) is 15.1. The largest absolute Gasteiger partial charge is 0.450 e. The molecule has 0 bridgehead atoms. The SMILES string of the molecule is CC(OC(=O)c1cnc(NC2CC2)s1)c1nnnn1C1CC1. The molecule has 0 aliphatic heterocycles. The highest BCUT2D eigenvalue weighted by Gasteiger charge is 2.31. The van der Waals surface area contributed by atoms with Gasteiger partial charge in [-0.2, -0.15) is 0 Å². The summed E-state index contributed by atoms with van der Waals surface area (Å²) in [6.45, 7) is 1.78. The number of hydrogen-bond acceptors (Lipinski definition) is 8. The van der Waals surface area contributed by atoms with Crippen LogP contribution in [0.2, 0.25) is 0 Å². The molecule has 0 saturated heterocycles. The Bertz CT molecular complexity index is 690. The van der Waals surface area contributed by atoms with E-state index in [9.17, 15) is 4.79 Å². The van der Waals surface area contributed by atoms with Crippen molar-refractivity contribution >= 4 is 22.4 Å². The second-order valence-electron chi connectivity index (χ2n) is 5.71. The minimum absolute atomic E-state index is 0.351. The summed E-state index contributed by atoms with van der Waals surface area (Å²) in [6, 6.07) is 0.862. The van der Waals surface area contributed by atoms with Crippen molar-refractivity contribution in [3.8, 4) is 0 Å². The predicted molar refractivity (Wildman–Crippen MR) is 78.7 cm³/mol. The normalized spacial score (nSPS) is 19.0. The molecule has 0 spiro atoms. The Morgan fingerprint density at radius 2 is 2.27 bits per heavy atom. The van der Waals surface area contributed by atoms with Crippen molar-refractivity contribution in [2.24, 2.45) is 0 Å². The number of carbonyl (C=O) groups excluding carboxylic acids is 1. The lowest BCUT2D eigenvalue weighted by atomic mass is 10.3. The van der Waals surface area contributed by atoms with E-state index in [-0.39, 0.29) is 5.97 Å². The molecule has 116 valence electrons. The van der Waals surface area contributed by atoms with Crippen LogP contribution in [-0.4, -0.2) is 37.2 Å². The van der Waals surface area contributed by atoms with Crippen LogP contribution in [0.15, 0.2) is 6.20 Å². The highest BCUT2D eigenvalue weighted by atomic mass is 32.1. The van der Waals surface area contributed by atoms with Crippen molar-refractivity contribution in [2.75, 3.05) is 5.32 Å². The fourth-order valence-electron chi connectivity index (χ4n) is 2.16. The van der Waals surface area contributed by atoms with Crippen LogP contribution in [0, 0.1) is 0 Å². The van der Waals surface area contributed by atoms with Gasteiger partial charge in [0.15, 0.2) is 17.1 Å². The third-order valence-corrected chi connectivity index (χ3v) is 4.58. The molecule has 2 aromatic rings. The van der Waals surface area contributed by atoms with Crippen LogP contribution < -0.4 is 5.32 Å². The number of nitrogens with zero attached hydrogens (tertiary/aromatic N) is 5. The van der Waals surface area contributed by atoms with Crippen molar-refractivity contribution < 1.29 is 9.53 Å². The lowest BCUT2D eigenvalue weighted by Gasteiger charge is -2.11. The molecule has 2 aliphatic rings. The number of anilines is 1. The summed E-state index contributed by atoms with van der Waals surface area (Å²) in [5.41, 5.74) is 0. The molecule has 2 aromatic heterocycles. The summed E-state index contributed by atoms with van der Waals surface area (Å²) in [5, 5.41) is 15.7. The van der Waals surface area contributed by atoms with E-state index in [4.69, 9.17) is 4.74 Å². The Hall–Kier alpha value is -2.03. The van der Waals surface area contributed by atoms with Gasteiger partial charge in [0.25, 0.3) is 0 Å². The Morgan fingerprint density at radius 3 is 3.00 bits per heavy atom. The van der Waals surface area contributed by atoms with Crippen LogP contribution in [-0.2, 0) is 4.74 Å². The summed E-state index contributed by atoms with van der Waals surface area (Å²) in [5.74, 6) is 0.205. The molecule has 0 aromatic carbocycles. The standard InChI is InChI=1S/C13H16N6O2S/c1-7(11-16-17-18-19(11)9-4-5-9)21-12(20)10-6-14-13(22-10)15-8-2-3-8/h6-9H,2-5H2,1H3,(H,14,15). The Kier molecular flexibility index (Phi) is 3.29. The lowest BCUT2D eigenvalue weighted by Crippen LogP contribution is -2.13. The fourth-order valence-corrected chi connectivity index (χ4v) is 2.93. The number of tetrazole rings is 1. The smallest absolute Gasteiger partial charge is 0.350 e. The van der Waals surface area contributed by atoms with Crippen LogP contribution >= 0.6 is 11.3 Å². The van der Waals surface area contributed by atoms with Crippen molar-refractivity contribution in [3.05, 3.63) is 16.9 Å². The van der Waals surface area contributed by atoms with E-state index in [0.717, 1.165) is 18.0 Å². The number of aromatic nitrogens is 5. The molecule has 22 heavy (non-hydrogen) atoms. The number of ether oxygens (including phenoxy) is 1. The van der Waals surface area contributed by atoms with E-state index < -0.39 is 6.10 Å². The van der Waals surface area contributed by atoms with Gasteiger partial charge in [0.2, 0.25) is 0 Å². The monoisotopic (exact) mass is 320 g/mol. The first-order valence-corrected chi connectivity index (χ1v) is 8.23. The van der Waals surface area contributed by atoms with E-state index in [0.29, 0.717) is 22.8 Å². The van der Waals surface area contributed by atoms with E-state index in [1.807, 2.05) is 0 Å². The van der Waals surface area contributed by atoms with Crippen LogP contribution in [0.3, 0.4) is 0 Å². The molecule has 1 unspecified atom stereocenters. The molecule has 2 fully saturated rings. The highest BCUT2D eigenvalue weighted by molar-refractivity contribution is 7.17. The summed E-state index contributed by atoms with van der Waals surface area (Å²) < 4.78 is 7.23. The van der Waals surface area contributed by atoms with Crippen LogP contribution in [0.1, 0.15) is 60.2 Å². The van der Waals surface area contributed by atoms with Gasteiger partial charge in [-0.15, -0.1) is 5.10 Å². The molecule has 1 N–H and O–H groups in total. The van der Waals surface area contributed by atoms with Gasteiger partial charge in [0.1, 0.15) is 4.88 Å². The van der Waals surface area contributed by atoms with Crippen molar-refractivity contribution in [1.82, 2.24) is 25.2 Å². The number of rotatable bonds is 6. The lowest BCUT2D eigenvalue weighted by molar-refractivity contribution is 0.0315. The summed E-state index contributed by atoms with van der Waals surface area (Å²) in [4.78, 5) is 16.9. The quantitative estimate of drug-likeness (QED) is 0.813. The van der Waals surface area contributed by atoms with Gasteiger partial charge in [-0.25, -0.2) is 14.5 Å². The zero-order valence-electron chi connectivity index (χ0n) is 12.1. The van der Waals surface area contributed by atoms with Crippen molar-refractivity contribution in [3.63, 3.8) is 0 Å². The topological polar surface area (TPSA) is 94.8 Å². The van der Waals surface area contributed by atoms with Gasteiger partial charge in [0.05, 0.1) is 12.2 Å². The van der Waals surface area contributed by atoms with Gasteiger partial charge in [0, 0.05) is 6.04 Å². The molecule has 2 aliphatic carbocycles. The molecular formula is C13H16N6O2S. The van der Waals surface area contributed by atoms with Gasteiger partial charge < -0.3 is 10.1 Å². The van der Waals surface area contributed by atoms with Crippen LogP contribution in [0.25, 0.3) is 0 Å². The molecule has 9 heteroatoms. The fraction of sp³-hybridized carbons (Fsp3) is 0.615. The second kappa shape index (κ2) is 5.31. The average Bonchev–Trinajstić information content (AvgIpc) is 3.40. The summed E-state index contributed by atoms with van der Waals surface area (Å²) in [7, 11) is 0. The Balaban J connectivity index is 1.41. The van der Waals surface area contributed by atoms with E-state index in [2.05, 4.69) is 25.8 Å². The first kappa shape index (κ1) is 13.6. The number of nitrogens with one attached hydrogen (secondary N) is 1. The minimum Gasteiger partial charge on any atom is -0.450 e. The minimum atomic E-state index is -0.481. The first-order valence-electron chi connectivity index (χ1n) is 7.42. The highest BCUT2D eigenvalue weighted by Crippen LogP contribution is 2.36. The molecule has 0 radical (unpaired) electrons. The molecule has 1 atom stereocenters.